The standard InChI is InChI=1S/C13H21N3O/c1-3-11-4-7-16(8-5-11)13(17)10-12-14-6-9-15(12)2/h6,9,11H,3-5,7-8,10H2,1-2H3. The van der Waals surface area contributed by atoms with E-state index in [1.54, 1.807) is 6.20 Å². The molecule has 0 saturated carbocycles. The first-order valence-electron chi connectivity index (χ1n) is 6.44. The quantitative estimate of drug-likeness (QED) is 0.798. The van der Waals surface area contributed by atoms with Gasteiger partial charge in [-0.2, -0.15) is 0 Å². The van der Waals surface area contributed by atoms with Gasteiger partial charge in [-0.25, -0.2) is 4.98 Å². The summed E-state index contributed by atoms with van der Waals surface area (Å²) in [6.45, 7) is 4.07. The zero-order valence-corrected chi connectivity index (χ0v) is 10.7. The van der Waals surface area contributed by atoms with E-state index in [0.29, 0.717) is 6.42 Å². The number of nitrogens with zero attached hydrogens (tertiary/aromatic N) is 3. The van der Waals surface area contributed by atoms with E-state index >= 15 is 0 Å². The molecule has 17 heavy (non-hydrogen) atoms. The van der Waals surface area contributed by atoms with Gasteiger partial charge in [-0.1, -0.05) is 13.3 Å². The molecule has 1 aliphatic rings. The Bertz CT molecular complexity index is 378. The largest absolute Gasteiger partial charge is 0.342 e. The molecule has 1 saturated heterocycles. The van der Waals surface area contributed by atoms with Gasteiger partial charge in [0.1, 0.15) is 5.82 Å². The number of amides is 1. The van der Waals surface area contributed by atoms with Crippen molar-refractivity contribution in [3.63, 3.8) is 0 Å². The second kappa shape index (κ2) is 5.34. The molecule has 1 fully saturated rings. The van der Waals surface area contributed by atoms with E-state index in [4.69, 9.17) is 0 Å². The number of piperidine rings is 1. The molecule has 4 heteroatoms. The predicted molar refractivity (Wildman–Crippen MR) is 66.5 cm³/mol. The normalized spacial score (nSPS) is 17.4. The van der Waals surface area contributed by atoms with Crippen LogP contribution in [-0.4, -0.2) is 33.4 Å². The van der Waals surface area contributed by atoms with Gasteiger partial charge in [-0.3, -0.25) is 4.79 Å². The van der Waals surface area contributed by atoms with E-state index in [2.05, 4.69) is 11.9 Å². The average Bonchev–Trinajstić information content (AvgIpc) is 2.75. The van der Waals surface area contributed by atoms with E-state index in [1.807, 2.05) is 22.7 Å². The second-order valence-corrected chi connectivity index (χ2v) is 4.86. The van der Waals surface area contributed by atoms with E-state index in [9.17, 15) is 4.79 Å². The molecule has 0 aromatic carbocycles. The summed E-state index contributed by atoms with van der Waals surface area (Å²) < 4.78 is 1.91. The fourth-order valence-electron chi connectivity index (χ4n) is 2.40. The highest BCUT2D eigenvalue weighted by Crippen LogP contribution is 2.20. The summed E-state index contributed by atoms with van der Waals surface area (Å²) in [5, 5.41) is 0. The zero-order valence-electron chi connectivity index (χ0n) is 10.7. The van der Waals surface area contributed by atoms with Crippen molar-refractivity contribution >= 4 is 5.91 Å². The van der Waals surface area contributed by atoms with Crippen molar-refractivity contribution in [2.45, 2.75) is 32.6 Å². The number of rotatable bonds is 3. The van der Waals surface area contributed by atoms with Crippen LogP contribution in [0.4, 0.5) is 0 Å². The molecular formula is C13H21N3O. The number of hydrogen-bond acceptors (Lipinski definition) is 2. The van der Waals surface area contributed by atoms with Crippen LogP contribution in [0.5, 0.6) is 0 Å². The van der Waals surface area contributed by atoms with Crippen LogP contribution < -0.4 is 0 Å². The van der Waals surface area contributed by atoms with Gasteiger partial charge >= 0.3 is 0 Å². The Morgan fingerprint density at radius 1 is 1.47 bits per heavy atom. The fourth-order valence-corrected chi connectivity index (χ4v) is 2.40. The number of aromatic nitrogens is 2. The summed E-state index contributed by atoms with van der Waals surface area (Å²) in [4.78, 5) is 18.3. The van der Waals surface area contributed by atoms with Gasteiger partial charge in [0.15, 0.2) is 0 Å². The summed E-state index contributed by atoms with van der Waals surface area (Å²) in [7, 11) is 1.93. The molecule has 0 radical (unpaired) electrons. The Hall–Kier alpha value is -1.32. The van der Waals surface area contributed by atoms with Crippen LogP contribution in [0.3, 0.4) is 0 Å². The first-order chi connectivity index (χ1) is 8.20. The molecule has 0 N–H and O–H groups in total. The SMILES string of the molecule is CCC1CCN(C(=O)Cc2nccn2C)CC1. The molecule has 1 aromatic heterocycles. The van der Waals surface area contributed by atoms with Gasteiger partial charge in [0, 0.05) is 32.5 Å². The van der Waals surface area contributed by atoms with Crippen LogP contribution in [-0.2, 0) is 18.3 Å². The van der Waals surface area contributed by atoms with E-state index < -0.39 is 0 Å². The van der Waals surface area contributed by atoms with Crippen molar-refractivity contribution in [2.75, 3.05) is 13.1 Å². The van der Waals surface area contributed by atoms with Crippen LogP contribution in [0.15, 0.2) is 12.4 Å². The maximum atomic E-state index is 12.1. The number of hydrogen-bond donors (Lipinski definition) is 0. The van der Waals surface area contributed by atoms with Gasteiger partial charge in [0.25, 0.3) is 0 Å². The topological polar surface area (TPSA) is 38.1 Å². The van der Waals surface area contributed by atoms with Crippen LogP contribution in [0.1, 0.15) is 32.0 Å². The highest BCUT2D eigenvalue weighted by Gasteiger charge is 2.22. The number of carbonyl (C=O) groups excluding carboxylic acids is 1. The smallest absolute Gasteiger partial charge is 0.230 e. The van der Waals surface area contributed by atoms with Crippen molar-refractivity contribution in [1.29, 1.82) is 0 Å². The number of aryl methyl sites for hydroxylation is 1. The minimum absolute atomic E-state index is 0.217. The number of likely N-dealkylation sites (tertiary alicyclic amines) is 1. The predicted octanol–water partition coefficient (Wildman–Crippen LogP) is 1.61. The van der Waals surface area contributed by atoms with Crippen molar-refractivity contribution in [2.24, 2.45) is 13.0 Å². The lowest BCUT2D eigenvalue weighted by atomic mass is 9.94. The Kier molecular flexibility index (Phi) is 3.82. The molecule has 0 bridgehead atoms. The fraction of sp³-hybridized carbons (Fsp3) is 0.692. The van der Waals surface area contributed by atoms with Crippen molar-refractivity contribution in [3.05, 3.63) is 18.2 Å². The summed E-state index contributed by atoms with van der Waals surface area (Å²) >= 11 is 0. The third-order valence-corrected chi connectivity index (χ3v) is 3.77. The Morgan fingerprint density at radius 2 is 2.18 bits per heavy atom. The third-order valence-electron chi connectivity index (χ3n) is 3.77. The highest BCUT2D eigenvalue weighted by atomic mass is 16.2. The van der Waals surface area contributed by atoms with Crippen LogP contribution in [0.2, 0.25) is 0 Å². The molecule has 1 aromatic rings. The summed E-state index contributed by atoms with van der Waals surface area (Å²) in [6, 6.07) is 0. The molecular weight excluding hydrogens is 214 g/mol. The Labute approximate surface area is 103 Å². The zero-order chi connectivity index (χ0) is 12.3. The van der Waals surface area contributed by atoms with Crippen molar-refractivity contribution in [1.82, 2.24) is 14.5 Å². The Morgan fingerprint density at radius 3 is 2.71 bits per heavy atom. The van der Waals surface area contributed by atoms with Crippen LogP contribution >= 0.6 is 0 Å². The van der Waals surface area contributed by atoms with Gasteiger partial charge in [-0.15, -0.1) is 0 Å². The van der Waals surface area contributed by atoms with Gasteiger partial charge in [0.2, 0.25) is 5.91 Å². The monoisotopic (exact) mass is 235 g/mol. The minimum Gasteiger partial charge on any atom is -0.342 e. The summed E-state index contributed by atoms with van der Waals surface area (Å²) in [5.41, 5.74) is 0. The molecule has 0 spiro atoms. The molecule has 0 unspecified atom stereocenters. The molecule has 1 amide bonds. The molecule has 0 atom stereocenters. The molecule has 2 rings (SSSR count). The van der Waals surface area contributed by atoms with Gasteiger partial charge < -0.3 is 9.47 Å². The lowest BCUT2D eigenvalue weighted by Crippen LogP contribution is -2.39. The van der Waals surface area contributed by atoms with E-state index in [1.165, 1.54) is 6.42 Å². The molecule has 1 aliphatic heterocycles. The molecule has 4 nitrogen and oxygen atoms in total. The van der Waals surface area contributed by atoms with Crippen molar-refractivity contribution in [3.8, 4) is 0 Å². The number of imidazole rings is 1. The Balaban J connectivity index is 1.87. The van der Waals surface area contributed by atoms with E-state index in [0.717, 1.165) is 37.7 Å². The van der Waals surface area contributed by atoms with E-state index in [-0.39, 0.29) is 5.91 Å². The lowest BCUT2D eigenvalue weighted by Gasteiger charge is -2.31. The van der Waals surface area contributed by atoms with Crippen LogP contribution in [0.25, 0.3) is 0 Å². The first kappa shape index (κ1) is 12.1. The minimum atomic E-state index is 0.217. The van der Waals surface area contributed by atoms with Crippen LogP contribution in [0, 0.1) is 5.92 Å². The maximum Gasteiger partial charge on any atom is 0.230 e. The lowest BCUT2D eigenvalue weighted by molar-refractivity contribution is -0.132. The average molecular weight is 235 g/mol. The van der Waals surface area contributed by atoms with Gasteiger partial charge in [0.05, 0.1) is 6.42 Å². The second-order valence-electron chi connectivity index (χ2n) is 4.86. The first-order valence-corrected chi connectivity index (χ1v) is 6.44. The summed E-state index contributed by atoms with van der Waals surface area (Å²) in [6.07, 6.45) is 7.60. The van der Waals surface area contributed by atoms with Gasteiger partial charge in [-0.05, 0) is 18.8 Å². The highest BCUT2D eigenvalue weighted by molar-refractivity contribution is 5.78. The van der Waals surface area contributed by atoms with Crippen molar-refractivity contribution < 1.29 is 4.79 Å². The molecule has 2 heterocycles. The number of carbonyl (C=O) groups is 1. The third kappa shape index (κ3) is 2.87. The summed E-state index contributed by atoms with van der Waals surface area (Å²) in [5.74, 6) is 1.88. The molecule has 94 valence electrons. The molecule has 0 aliphatic carbocycles. The maximum absolute atomic E-state index is 12.1.